The van der Waals surface area contributed by atoms with Gasteiger partial charge in [0.15, 0.2) is 0 Å². The largest absolute Gasteiger partial charge is 0.371 e. The van der Waals surface area contributed by atoms with Crippen LogP contribution in [0.1, 0.15) is 12.5 Å². The molecule has 0 radical (unpaired) electrons. The molecule has 0 aliphatic carbocycles. The number of ether oxygens (including phenoxy) is 1. The van der Waals surface area contributed by atoms with Crippen LogP contribution < -0.4 is 5.32 Å². The van der Waals surface area contributed by atoms with Gasteiger partial charge in [-0.05, 0) is 12.5 Å². The standard InChI is InChI=1S/C11H15NO/c1-9(11-8-13-11)12-7-10-5-3-2-4-6-10/h2-6,9,11-12H,7-8H2,1H3. The molecule has 0 aromatic heterocycles. The van der Waals surface area contributed by atoms with Crippen LogP contribution >= 0.6 is 0 Å². The second-order valence-corrected chi connectivity index (χ2v) is 3.53. The molecule has 1 fully saturated rings. The van der Waals surface area contributed by atoms with E-state index in [4.69, 9.17) is 4.74 Å². The Morgan fingerprint density at radius 3 is 2.77 bits per heavy atom. The molecule has 2 unspecified atom stereocenters. The van der Waals surface area contributed by atoms with E-state index in [9.17, 15) is 0 Å². The maximum atomic E-state index is 5.20. The van der Waals surface area contributed by atoms with Crippen molar-refractivity contribution in [3.05, 3.63) is 35.9 Å². The molecule has 2 atom stereocenters. The summed E-state index contributed by atoms with van der Waals surface area (Å²) in [7, 11) is 0. The Morgan fingerprint density at radius 2 is 2.15 bits per heavy atom. The van der Waals surface area contributed by atoms with Crippen LogP contribution in [0.5, 0.6) is 0 Å². The molecule has 0 saturated carbocycles. The predicted molar refractivity (Wildman–Crippen MR) is 52.5 cm³/mol. The summed E-state index contributed by atoms with van der Waals surface area (Å²) in [5.74, 6) is 0. The lowest BCUT2D eigenvalue weighted by Gasteiger charge is -2.10. The van der Waals surface area contributed by atoms with Crippen molar-refractivity contribution >= 4 is 0 Å². The Balaban J connectivity index is 1.78. The Labute approximate surface area is 78.9 Å². The smallest absolute Gasteiger partial charge is 0.0959 e. The first-order chi connectivity index (χ1) is 6.36. The monoisotopic (exact) mass is 177 g/mol. The number of rotatable bonds is 4. The molecular weight excluding hydrogens is 162 g/mol. The highest BCUT2D eigenvalue weighted by atomic mass is 16.6. The average molecular weight is 177 g/mol. The fourth-order valence-corrected chi connectivity index (χ4v) is 1.35. The van der Waals surface area contributed by atoms with Gasteiger partial charge in [0.25, 0.3) is 0 Å². The van der Waals surface area contributed by atoms with E-state index in [0.29, 0.717) is 12.1 Å². The third kappa shape index (κ3) is 2.54. The molecule has 1 N–H and O–H groups in total. The summed E-state index contributed by atoms with van der Waals surface area (Å²) in [6, 6.07) is 10.9. The minimum atomic E-state index is 0.448. The summed E-state index contributed by atoms with van der Waals surface area (Å²) in [5.41, 5.74) is 1.33. The molecule has 13 heavy (non-hydrogen) atoms. The third-order valence-electron chi connectivity index (χ3n) is 2.39. The number of hydrogen-bond donors (Lipinski definition) is 1. The molecule has 0 amide bonds. The molecule has 1 saturated heterocycles. The van der Waals surface area contributed by atoms with Crippen LogP contribution in [0.2, 0.25) is 0 Å². The van der Waals surface area contributed by atoms with Crippen molar-refractivity contribution in [2.24, 2.45) is 0 Å². The van der Waals surface area contributed by atoms with Crippen molar-refractivity contribution in [3.63, 3.8) is 0 Å². The molecule has 1 aliphatic heterocycles. The Bertz CT molecular complexity index is 256. The van der Waals surface area contributed by atoms with Gasteiger partial charge in [-0.1, -0.05) is 30.3 Å². The summed E-state index contributed by atoms with van der Waals surface area (Å²) in [5, 5.41) is 3.44. The summed E-state index contributed by atoms with van der Waals surface area (Å²) in [6.45, 7) is 4.02. The molecule has 1 aliphatic rings. The first kappa shape index (κ1) is 8.73. The van der Waals surface area contributed by atoms with Crippen molar-refractivity contribution in [2.75, 3.05) is 6.61 Å². The van der Waals surface area contributed by atoms with Gasteiger partial charge in [-0.25, -0.2) is 0 Å². The summed E-state index contributed by atoms with van der Waals surface area (Å²) >= 11 is 0. The lowest BCUT2D eigenvalue weighted by molar-refractivity contribution is 0.351. The molecule has 0 spiro atoms. The molecule has 2 rings (SSSR count). The average Bonchev–Trinajstić information content (AvgIpc) is 2.99. The van der Waals surface area contributed by atoms with Crippen LogP contribution in [0.4, 0.5) is 0 Å². The van der Waals surface area contributed by atoms with Crippen LogP contribution in [0, 0.1) is 0 Å². The maximum absolute atomic E-state index is 5.20. The van der Waals surface area contributed by atoms with Gasteiger partial charge in [-0.15, -0.1) is 0 Å². The molecular formula is C11H15NO. The van der Waals surface area contributed by atoms with E-state index in [0.717, 1.165) is 13.2 Å². The number of epoxide rings is 1. The number of benzene rings is 1. The minimum Gasteiger partial charge on any atom is -0.371 e. The van der Waals surface area contributed by atoms with Crippen LogP contribution in [-0.4, -0.2) is 18.8 Å². The molecule has 70 valence electrons. The van der Waals surface area contributed by atoms with E-state index in [1.807, 2.05) is 6.07 Å². The highest BCUT2D eigenvalue weighted by Gasteiger charge is 2.28. The van der Waals surface area contributed by atoms with E-state index in [1.165, 1.54) is 5.56 Å². The number of nitrogens with one attached hydrogen (secondary N) is 1. The van der Waals surface area contributed by atoms with Gasteiger partial charge in [0.05, 0.1) is 12.7 Å². The molecule has 2 heteroatoms. The normalized spacial score (nSPS) is 22.7. The van der Waals surface area contributed by atoms with Gasteiger partial charge < -0.3 is 10.1 Å². The summed E-state index contributed by atoms with van der Waals surface area (Å²) in [4.78, 5) is 0. The van der Waals surface area contributed by atoms with Gasteiger partial charge in [0.1, 0.15) is 0 Å². The molecule has 2 nitrogen and oxygen atoms in total. The zero-order valence-electron chi connectivity index (χ0n) is 7.86. The van der Waals surface area contributed by atoms with E-state index in [2.05, 4.69) is 36.5 Å². The van der Waals surface area contributed by atoms with E-state index in [1.54, 1.807) is 0 Å². The van der Waals surface area contributed by atoms with Crippen molar-refractivity contribution in [3.8, 4) is 0 Å². The van der Waals surface area contributed by atoms with Crippen LogP contribution in [-0.2, 0) is 11.3 Å². The fourth-order valence-electron chi connectivity index (χ4n) is 1.35. The van der Waals surface area contributed by atoms with Gasteiger partial charge in [-0.3, -0.25) is 0 Å². The van der Waals surface area contributed by atoms with Gasteiger partial charge in [0, 0.05) is 12.6 Å². The number of hydrogen-bond acceptors (Lipinski definition) is 2. The van der Waals surface area contributed by atoms with E-state index >= 15 is 0 Å². The first-order valence-electron chi connectivity index (χ1n) is 4.75. The predicted octanol–water partition coefficient (Wildman–Crippen LogP) is 1.56. The molecule has 0 bridgehead atoms. The van der Waals surface area contributed by atoms with Gasteiger partial charge >= 0.3 is 0 Å². The summed E-state index contributed by atoms with van der Waals surface area (Å²) in [6.07, 6.45) is 0.448. The van der Waals surface area contributed by atoms with Crippen molar-refractivity contribution in [2.45, 2.75) is 25.6 Å². The Morgan fingerprint density at radius 1 is 1.46 bits per heavy atom. The van der Waals surface area contributed by atoms with Crippen molar-refractivity contribution in [1.82, 2.24) is 5.32 Å². The Kier molecular flexibility index (Phi) is 2.62. The molecule has 1 aromatic carbocycles. The Hall–Kier alpha value is -0.860. The van der Waals surface area contributed by atoms with Crippen LogP contribution in [0.3, 0.4) is 0 Å². The SMILES string of the molecule is CC(NCc1ccccc1)C1CO1. The minimum absolute atomic E-state index is 0.448. The van der Waals surface area contributed by atoms with Crippen LogP contribution in [0.25, 0.3) is 0 Å². The highest BCUT2D eigenvalue weighted by Crippen LogP contribution is 2.13. The lowest BCUT2D eigenvalue weighted by atomic mass is 10.2. The second-order valence-electron chi connectivity index (χ2n) is 3.53. The van der Waals surface area contributed by atoms with Crippen LogP contribution in [0.15, 0.2) is 30.3 Å². The molecule has 1 aromatic rings. The van der Waals surface area contributed by atoms with Crippen molar-refractivity contribution < 1.29 is 4.74 Å². The van der Waals surface area contributed by atoms with Gasteiger partial charge in [0.2, 0.25) is 0 Å². The van der Waals surface area contributed by atoms with Gasteiger partial charge in [-0.2, -0.15) is 0 Å². The quantitative estimate of drug-likeness (QED) is 0.706. The van der Waals surface area contributed by atoms with E-state index < -0.39 is 0 Å². The van der Waals surface area contributed by atoms with E-state index in [-0.39, 0.29) is 0 Å². The zero-order valence-corrected chi connectivity index (χ0v) is 7.86. The second kappa shape index (κ2) is 3.90. The third-order valence-corrected chi connectivity index (χ3v) is 2.39. The summed E-state index contributed by atoms with van der Waals surface area (Å²) < 4.78 is 5.20. The topological polar surface area (TPSA) is 24.6 Å². The van der Waals surface area contributed by atoms with Crippen molar-refractivity contribution in [1.29, 1.82) is 0 Å². The fraction of sp³-hybridized carbons (Fsp3) is 0.455. The lowest BCUT2D eigenvalue weighted by Crippen LogP contribution is -2.30. The zero-order chi connectivity index (χ0) is 9.10. The molecule has 1 heterocycles. The highest BCUT2D eigenvalue weighted by molar-refractivity contribution is 5.14. The first-order valence-corrected chi connectivity index (χ1v) is 4.75. The maximum Gasteiger partial charge on any atom is 0.0959 e.